The summed E-state index contributed by atoms with van der Waals surface area (Å²) in [5, 5.41) is 8.21. The van der Waals surface area contributed by atoms with Crippen molar-refractivity contribution >= 4 is 55.1 Å². The number of fused-ring (bicyclic) bond motifs is 6. The van der Waals surface area contributed by atoms with E-state index in [0.29, 0.717) is 56.7 Å². The van der Waals surface area contributed by atoms with Crippen LogP contribution in [0.5, 0.6) is 0 Å². The molecule has 65 heavy (non-hydrogen) atoms. The predicted octanol–water partition coefficient (Wildman–Crippen LogP) is 5.24. The number of ether oxygens (including phenoxy) is 2. The molecule has 0 saturated carbocycles. The molecule has 3 aromatic heterocycles. The van der Waals surface area contributed by atoms with E-state index in [1.54, 1.807) is 25.3 Å². The topological polar surface area (TPSA) is 164 Å². The van der Waals surface area contributed by atoms with E-state index in [1.807, 2.05) is 46.3 Å². The Bertz CT molecular complexity index is 2370. The van der Waals surface area contributed by atoms with Crippen molar-refractivity contribution in [2.24, 2.45) is 11.3 Å². The standard InChI is InChI=1S/C47H66N9O7SSi/c1-11-55-38-17-16-31-22-33(38)34(42(55)32-14-12-18-48-40(32)30(4)61-10)24-47(5,6)26-62-45(59)35-15-13-19-56(51-35)44(58)36(23-39-49-37(31)25-64-39)50-43(57)41(29(2)3)53(9)46(60)54-20-21-63-65(28-54)27-52(7)8/h12,14,16-18,22,25,29-30,35-36,41,51H,11,13,15,19-21,23-24,26-28H2,1-10H3,(H,50,57)/t30-,35-,36-,41-/m0/s1. The molecule has 7 rings (SSSR count). The molecule has 1 radical (unpaired) electrons. The summed E-state index contributed by atoms with van der Waals surface area (Å²) in [6, 6.07) is 7.52. The number of benzene rings is 1. The quantitative estimate of drug-likeness (QED) is 0.158. The van der Waals surface area contributed by atoms with E-state index in [4.69, 9.17) is 23.9 Å². The van der Waals surface area contributed by atoms with Crippen molar-refractivity contribution in [3.05, 3.63) is 58.2 Å². The van der Waals surface area contributed by atoms with Gasteiger partial charge < -0.3 is 38.5 Å². The molecule has 1 aromatic carbocycles. The summed E-state index contributed by atoms with van der Waals surface area (Å²) in [6.45, 7) is 14.2. The summed E-state index contributed by atoms with van der Waals surface area (Å²) in [6.07, 6.45) is 4.55. The largest absolute Gasteiger partial charge is 0.464 e. The van der Waals surface area contributed by atoms with E-state index in [0.717, 1.165) is 50.8 Å². The number of urea groups is 1. The summed E-state index contributed by atoms with van der Waals surface area (Å²) in [7, 11) is 6.03. The molecule has 4 amide bonds. The first-order chi connectivity index (χ1) is 31.0. The maximum atomic E-state index is 14.6. The number of rotatable bonds is 10. The molecule has 0 spiro atoms. The molecule has 3 aliphatic heterocycles. The number of nitrogens with one attached hydrogen (secondary N) is 2. The summed E-state index contributed by atoms with van der Waals surface area (Å²) >= 11 is 1.43. The third kappa shape index (κ3) is 10.6. The zero-order valence-electron chi connectivity index (χ0n) is 39.6. The minimum atomic E-state index is -1.28. The summed E-state index contributed by atoms with van der Waals surface area (Å²) in [4.78, 5) is 72.3. The summed E-state index contributed by atoms with van der Waals surface area (Å²) in [5.74, 6) is -1.56. The van der Waals surface area contributed by atoms with Crippen LogP contribution in [-0.2, 0) is 47.7 Å². The number of nitrogens with zero attached hydrogens (tertiary/aromatic N) is 7. The second-order valence-electron chi connectivity index (χ2n) is 18.9. The molecule has 4 atom stereocenters. The monoisotopic (exact) mass is 928 g/mol. The molecule has 2 saturated heterocycles. The second kappa shape index (κ2) is 20.4. The average molecular weight is 929 g/mol. The zero-order chi connectivity index (χ0) is 46.7. The molecular formula is C47H66N9O7SSi. The number of aryl methyl sites for hydroxylation is 1. The van der Waals surface area contributed by atoms with Gasteiger partial charge in [0.2, 0.25) is 14.9 Å². The van der Waals surface area contributed by atoms with Crippen LogP contribution < -0.4 is 10.7 Å². The minimum absolute atomic E-state index is 0.101. The van der Waals surface area contributed by atoms with Gasteiger partial charge in [0, 0.05) is 91.6 Å². The highest BCUT2D eigenvalue weighted by molar-refractivity contribution is 7.10. The summed E-state index contributed by atoms with van der Waals surface area (Å²) in [5.41, 5.74) is 9.37. The van der Waals surface area contributed by atoms with Crippen LogP contribution in [0, 0.1) is 11.3 Å². The lowest BCUT2D eigenvalue weighted by Crippen LogP contribution is -2.63. The number of hydrogen-bond acceptors (Lipinski definition) is 12. The normalized spacial score (nSPS) is 20.7. The first kappa shape index (κ1) is 48.2. The van der Waals surface area contributed by atoms with Crippen LogP contribution >= 0.6 is 11.3 Å². The van der Waals surface area contributed by atoms with Crippen molar-refractivity contribution in [3.8, 4) is 22.5 Å². The second-order valence-corrected chi connectivity index (χ2v) is 21.8. The molecular weight excluding hydrogens is 863 g/mol. The number of methoxy groups -OCH3 is 1. The summed E-state index contributed by atoms with van der Waals surface area (Å²) < 4.78 is 20.3. The fraction of sp³-hybridized carbons (Fsp3) is 0.574. The third-order valence-corrected chi connectivity index (χ3v) is 15.8. The third-order valence-electron chi connectivity index (χ3n) is 12.6. The Hall–Kier alpha value is -4.72. The number of esters is 1. The maximum absolute atomic E-state index is 14.6. The number of aromatic nitrogens is 3. The van der Waals surface area contributed by atoms with Crippen LogP contribution in [0.2, 0.25) is 0 Å². The van der Waals surface area contributed by atoms with E-state index in [-0.39, 0.29) is 31.1 Å². The van der Waals surface area contributed by atoms with Gasteiger partial charge >= 0.3 is 12.0 Å². The van der Waals surface area contributed by atoms with E-state index in [9.17, 15) is 19.2 Å². The van der Waals surface area contributed by atoms with Crippen LogP contribution in [0.1, 0.15) is 76.8 Å². The molecule has 3 aliphatic rings. The minimum Gasteiger partial charge on any atom is -0.464 e. The first-order valence-corrected chi connectivity index (χ1v) is 25.5. The highest BCUT2D eigenvalue weighted by Gasteiger charge is 2.40. The fourth-order valence-electron chi connectivity index (χ4n) is 9.34. The predicted molar refractivity (Wildman–Crippen MR) is 253 cm³/mol. The van der Waals surface area contributed by atoms with Crippen molar-refractivity contribution in [3.63, 3.8) is 0 Å². The van der Waals surface area contributed by atoms with Crippen LogP contribution in [0.4, 0.5) is 4.79 Å². The molecule has 4 aromatic rings. The van der Waals surface area contributed by atoms with Gasteiger partial charge in [-0.2, -0.15) is 0 Å². The van der Waals surface area contributed by atoms with Gasteiger partial charge in [0.1, 0.15) is 18.1 Å². The van der Waals surface area contributed by atoms with Crippen molar-refractivity contribution in [1.29, 1.82) is 0 Å². The molecule has 351 valence electrons. The van der Waals surface area contributed by atoms with E-state index < -0.39 is 50.4 Å². The van der Waals surface area contributed by atoms with Crippen LogP contribution in [0.25, 0.3) is 33.4 Å². The lowest BCUT2D eigenvalue weighted by molar-refractivity contribution is -0.155. The fourth-order valence-corrected chi connectivity index (χ4v) is 12.3. The number of carbonyl (C=O) groups excluding carboxylic acids is 4. The number of carbonyl (C=O) groups is 4. The van der Waals surface area contributed by atoms with Crippen molar-refractivity contribution in [2.45, 2.75) is 98.0 Å². The van der Waals surface area contributed by atoms with Gasteiger partial charge in [0.15, 0.2) is 0 Å². The van der Waals surface area contributed by atoms with E-state index in [1.165, 1.54) is 21.2 Å². The molecule has 0 aliphatic carbocycles. The maximum Gasteiger partial charge on any atom is 0.324 e. The Morgan fingerprint density at radius 2 is 1.92 bits per heavy atom. The van der Waals surface area contributed by atoms with Crippen molar-refractivity contribution in [2.75, 3.05) is 66.9 Å². The van der Waals surface area contributed by atoms with E-state index in [2.05, 4.69) is 65.2 Å². The highest BCUT2D eigenvalue weighted by Crippen LogP contribution is 2.42. The SMILES string of the molecule is CCn1c(-c2cccnc2[C@H](C)OC)c2c3cc(ccc31)-c1csc(n1)C[C@H](NC(=O)[C@H](C(C)C)N(C)C(=O)N1CCO[Si](CN(C)C)C1)C(=O)N1CCC[C@H](N1)C(=O)OCC(C)(C)C2. The van der Waals surface area contributed by atoms with Gasteiger partial charge in [0.25, 0.3) is 5.91 Å². The molecule has 6 heterocycles. The molecule has 0 unspecified atom stereocenters. The Balaban J connectivity index is 1.26. The Kier molecular flexibility index (Phi) is 15.2. The number of thiazole rings is 1. The lowest BCUT2D eigenvalue weighted by Gasteiger charge is -2.39. The smallest absolute Gasteiger partial charge is 0.324 e. The number of hydrazine groups is 1. The van der Waals surface area contributed by atoms with Gasteiger partial charge in [-0.25, -0.2) is 15.2 Å². The molecule has 18 heteroatoms. The zero-order valence-corrected chi connectivity index (χ0v) is 41.4. The van der Waals surface area contributed by atoms with Crippen LogP contribution in [0.3, 0.4) is 0 Å². The van der Waals surface area contributed by atoms with Gasteiger partial charge in [-0.3, -0.25) is 24.4 Å². The molecule has 6 bridgehead atoms. The highest BCUT2D eigenvalue weighted by atomic mass is 32.1. The Labute approximate surface area is 388 Å². The van der Waals surface area contributed by atoms with Gasteiger partial charge in [-0.1, -0.05) is 33.8 Å². The number of pyridine rings is 1. The number of cyclic esters (lactones) is 1. The molecule has 16 nitrogen and oxygen atoms in total. The van der Waals surface area contributed by atoms with Gasteiger partial charge in [-0.05, 0) is 83.0 Å². The first-order valence-electron chi connectivity index (χ1n) is 22.8. The van der Waals surface area contributed by atoms with Gasteiger partial charge in [-0.15, -0.1) is 11.3 Å². The van der Waals surface area contributed by atoms with E-state index >= 15 is 0 Å². The van der Waals surface area contributed by atoms with Crippen molar-refractivity contribution < 1.29 is 33.1 Å². The van der Waals surface area contributed by atoms with Gasteiger partial charge in [0.05, 0.1) is 41.4 Å². The Morgan fingerprint density at radius 3 is 2.65 bits per heavy atom. The number of amides is 4. The average Bonchev–Trinajstić information content (AvgIpc) is 3.88. The van der Waals surface area contributed by atoms with Crippen LogP contribution in [-0.4, -0.2) is 152 Å². The lowest BCUT2D eigenvalue weighted by atomic mass is 9.84. The van der Waals surface area contributed by atoms with Crippen LogP contribution in [0.15, 0.2) is 41.9 Å². The molecule has 2 fully saturated rings. The van der Waals surface area contributed by atoms with Crippen molar-refractivity contribution in [1.82, 2.24) is 45.0 Å². The number of likely N-dealkylation sites (N-methyl/N-ethyl adjacent to an activating group) is 1. The molecule has 2 N–H and O–H groups in total. The number of hydrogen-bond donors (Lipinski definition) is 2. The Morgan fingerprint density at radius 1 is 1.14 bits per heavy atom.